The Kier molecular flexibility index (Phi) is 5.58. The van der Waals surface area contributed by atoms with Gasteiger partial charge in [-0.3, -0.25) is 0 Å². The van der Waals surface area contributed by atoms with Crippen LogP contribution in [0.3, 0.4) is 0 Å². The highest BCUT2D eigenvalue weighted by Gasteiger charge is 2.24. The van der Waals surface area contributed by atoms with Gasteiger partial charge in [0.15, 0.2) is 0 Å². The molecule has 1 saturated carbocycles. The van der Waals surface area contributed by atoms with Crippen LogP contribution < -0.4 is 10.1 Å². The van der Waals surface area contributed by atoms with Crippen LogP contribution in [-0.2, 0) is 13.1 Å². The van der Waals surface area contributed by atoms with E-state index in [1.54, 1.807) is 7.11 Å². The molecule has 0 amide bonds. The normalized spacial score (nSPS) is 14.6. The lowest BCUT2D eigenvalue weighted by Gasteiger charge is -2.13. The summed E-state index contributed by atoms with van der Waals surface area (Å²) < 4.78 is 7.35. The van der Waals surface area contributed by atoms with Crippen LogP contribution in [0.4, 0.5) is 0 Å². The molecular weight excluding hydrogens is 364 g/mol. The molecule has 0 radical (unpaired) electrons. The average molecular weight is 392 g/mol. The number of methoxy groups -OCH3 is 1. The molecule has 4 rings (SSSR count). The van der Waals surface area contributed by atoms with Crippen LogP contribution in [0.2, 0.25) is 0 Å². The minimum absolute atomic E-state index is 0.363. The molecule has 2 aromatic carbocycles. The maximum atomic E-state index is 12.4. The molecular formula is C24H28N2O3. The molecule has 1 aliphatic rings. The van der Waals surface area contributed by atoms with Gasteiger partial charge in [-0.2, -0.15) is 0 Å². The predicted molar refractivity (Wildman–Crippen MR) is 115 cm³/mol. The van der Waals surface area contributed by atoms with Gasteiger partial charge in [-0.1, -0.05) is 37.1 Å². The number of carboxylic acids is 1. The monoisotopic (exact) mass is 392 g/mol. The van der Waals surface area contributed by atoms with Gasteiger partial charge >= 0.3 is 5.97 Å². The molecule has 29 heavy (non-hydrogen) atoms. The van der Waals surface area contributed by atoms with E-state index in [4.69, 9.17) is 4.74 Å². The third kappa shape index (κ3) is 3.87. The van der Waals surface area contributed by atoms with Crippen molar-refractivity contribution < 1.29 is 14.6 Å². The summed E-state index contributed by atoms with van der Waals surface area (Å²) in [6.07, 6.45) is 4.82. The third-order valence-corrected chi connectivity index (χ3v) is 6.09. The van der Waals surface area contributed by atoms with E-state index in [1.807, 2.05) is 34.9 Å². The number of aromatic carboxylic acids is 1. The van der Waals surface area contributed by atoms with Crippen molar-refractivity contribution in [3.05, 3.63) is 64.8 Å². The number of aryl methyl sites for hydroxylation is 1. The van der Waals surface area contributed by atoms with Gasteiger partial charge < -0.3 is 19.7 Å². The number of benzene rings is 2. The first-order valence-electron chi connectivity index (χ1n) is 10.3. The first kappa shape index (κ1) is 19.5. The summed E-state index contributed by atoms with van der Waals surface area (Å²) in [6, 6.07) is 14.4. The quantitative estimate of drug-likeness (QED) is 0.610. The molecule has 1 aliphatic carbocycles. The lowest BCUT2D eigenvalue weighted by atomic mass is 10.1. The molecule has 0 bridgehead atoms. The first-order chi connectivity index (χ1) is 14.1. The largest absolute Gasteiger partial charge is 0.497 e. The zero-order chi connectivity index (χ0) is 20.4. The Morgan fingerprint density at radius 1 is 1.21 bits per heavy atom. The van der Waals surface area contributed by atoms with Crippen molar-refractivity contribution in [1.82, 2.24) is 9.88 Å². The Morgan fingerprint density at radius 2 is 1.97 bits per heavy atom. The topological polar surface area (TPSA) is 63.5 Å². The van der Waals surface area contributed by atoms with Crippen LogP contribution in [0.15, 0.2) is 42.5 Å². The summed E-state index contributed by atoms with van der Waals surface area (Å²) in [4.78, 5) is 12.4. The number of fused-ring (bicyclic) bond motifs is 1. The molecule has 2 N–H and O–H groups in total. The highest BCUT2D eigenvalue weighted by molar-refractivity contribution is 5.98. The second-order valence-corrected chi connectivity index (χ2v) is 7.89. The van der Waals surface area contributed by atoms with Crippen molar-refractivity contribution in [3.63, 3.8) is 0 Å². The van der Waals surface area contributed by atoms with Gasteiger partial charge in [0, 0.05) is 36.1 Å². The number of carboxylic acid groups (broad SMARTS) is 1. The van der Waals surface area contributed by atoms with Crippen LogP contribution in [0.1, 0.15) is 52.9 Å². The third-order valence-electron chi connectivity index (χ3n) is 6.09. The first-order valence-corrected chi connectivity index (χ1v) is 10.3. The molecule has 1 aromatic heterocycles. The van der Waals surface area contributed by atoms with E-state index in [1.165, 1.54) is 12.8 Å². The number of hydrogen-bond acceptors (Lipinski definition) is 3. The standard InChI is InChI=1S/C24H28N2O3/c1-16-7-3-4-8-17(16)15-26-22-13-19(29-2)11-12-20(22)21(23(26)24(27)28)14-25-18-9-5-6-10-18/h3-4,7-8,11-13,18,25H,5-6,9-10,14-15H2,1-2H3,(H,27,28). The summed E-state index contributed by atoms with van der Waals surface area (Å²) in [5, 5.41) is 14.7. The van der Waals surface area contributed by atoms with Gasteiger partial charge in [-0.05, 0) is 43.0 Å². The summed E-state index contributed by atoms with van der Waals surface area (Å²) in [7, 11) is 1.64. The van der Waals surface area contributed by atoms with Crippen LogP contribution in [0.25, 0.3) is 10.9 Å². The molecule has 0 aliphatic heterocycles. The number of aromatic nitrogens is 1. The van der Waals surface area contributed by atoms with E-state index in [2.05, 4.69) is 24.4 Å². The minimum atomic E-state index is -0.892. The van der Waals surface area contributed by atoms with Gasteiger partial charge in [0.2, 0.25) is 0 Å². The number of hydrogen-bond donors (Lipinski definition) is 2. The maximum Gasteiger partial charge on any atom is 0.352 e. The zero-order valence-electron chi connectivity index (χ0n) is 17.1. The Labute approximate surface area is 171 Å². The number of rotatable bonds is 7. The van der Waals surface area contributed by atoms with Gasteiger partial charge in [0.1, 0.15) is 11.4 Å². The van der Waals surface area contributed by atoms with Crippen molar-refractivity contribution in [2.45, 2.75) is 51.7 Å². The molecule has 0 saturated heterocycles. The van der Waals surface area contributed by atoms with Crippen molar-refractivity contribution in [1.29, 1.82) is 0 Å². The summed E-state index contributed by atoms with van der Waals surface area (Å²) in [5.74, 6) is -0.162. The lowest BCUT2D eigenvalue weighted by molar-refractivity contribution is 0.0684. The van der Waals surface area contributed by atoms with Gasteiger partial charge in [0.25, 0.3) is 0 Å². The molecule has 5 heteroatoms. The Balaban J connectivity index is 1.83. The summed E-state index contributed by atoms with van der Waals surface area (Å²) in [5.41, 5.74) is 4.38. The van der Waals surface area contributed by atoms with Crippen LogP contribution >= 0.6 is 0 Å². The van der Waals surface area contributed by atoms with E-state index in [0.717, 1.165) is 46.2 Å². The molecule has 0 atom stereocenters. The molecule has 3 aromatic rings. The Hall–Kier alpha value is -2.79. The van der Waals surface area contributed by atoms with Gasteiger partial charge in [0.05, 0.1) is 12.6 Å². The van der Waals surface area contributed by atoms with Crippen LogP contribution in [-0.4, -0.2) is 28.8 Å². The molecule has 1 fully saturated rings. The number of nitrogens with one attached hydrogen (secondary N) is 1. The SMILES string of the molecule is COc1ccc2c(CNC3CCCC3)c(C(=O)O)n(Cc3ccccc3C)c2c1. The van der Waals surface area contributed by atoms with E-state index < -0.39 is 5.97 Å². The van der Waals surface area contributed by atoms with Crippen molar-refractivity contribution in [2.75, 3.05) is 7.11 Å². The second-order valence-electron chi connectivity index (χ2n) is 7.89. The highest BCUT2D eigenvalue weighted by Crippen LogP contribution is 2.31. The second kappa shape index (κ2) is 8.29. The highest BCUT2D eigenvalue weighted by atomic mass is 16.5. The number of ether oxygens (including phenoxy) is 1. The summed E-state index contributed by atoms with van der Waals surface area (Å²) >= 11 is 0. The van der Waals surface area contributed by atoms with E-state index >= 15 is 0 Å². The predicted octanol–water partition coefficient (Wildman–Crippen LogP) is 4.74. The summed E-state index contributed by atoms with van der Waals surface area (Å²) in [6.45, 7) is 3.14. The fraction of sp³-hybridized carbons (Fsp3) is 0.375. The van der Waals surface area contributed by atoms with Gasteiger partial charge in [-0.25, -0.2) is 4.79 Å². The van der Waals surface area contributed by atoms with E-state index in [0.29, 0.717) is 24.8 Å². The molecule has 0 spiro atoms. The molecule has 1 heterocycles. The van der Waals surface area contributed by atoms with Crippen molar-refractivity contribution in [3.8, 4) is 5.75 Å². The molecule has 152 valence electrons. The average Bonchev–Trinajstić information content (AvgIpc) is 3.34. The molecule has 5 nitrogen and oxygen atoms in total. The zero-order valence-corrected chi connectivity index (χ0v) is 17.1. The van der Waals surface area contributed by atoms with Crippen LogP contribution in [0.5, 0.6) is 5.75 Å². The van der Waals surface area contributed by atoms with Gasteiger partial charge in [-0.15, -0.1) is 0 Å². The fourth-order valence-electron chi connectivity index (χ4n) is 4.45. The minimum Gasteiger partial charge on any atom is -0.497 e. The molecule has 0 unspecified atom stereocenters. The lowest BCUT2D eigenvalue weighted by Crippen LogP contribution is -2.26. The fourth-order valence-corrected chi connectivity index (χ4v) is 4.45. The Morgan fingerprint density at radius 3 is 2.66 bits per heavy atom. The van der Waals surface area contributed by atoms with E-state index in [9.17, 15) is 9.90 Å². The van der Waals surface area contributed by atoms with Crippen LogP contribution in [0, 0.1) is 6.92 Å². The van der Waals surface area contributed by atoms with Crippen molar-refractivity contribution >= 4 is 16.9 Å². The van der Waals surface area contributed by atoms with Crippen molar-refractivity contribution in [2.24, 2.45) is 0 Å². The number of nitrogens with zero attached hydrogens (tertiary/aromatic N) is 1. The number of carbonyl (C=O) groups is 1. The smallest absolute Gasteiger partial charge is 0.352 e. The maximum absolute atomic E-state index is 12.4. The van der Waals surface area contributed by atoms with E-state index in [-0.39, 0.29) is 0 Å². The Bertz CT molecular complexity index is 1030.